The number of nitrogens with two attached hydrogens (primary N) is 1. The summed E-state index contributed by atoms with van der Waals surface area (Å²) in [5.41, 5.74) is 9.49. The zero-order chi connectivity index (χ0) is 20.2. The van der Waals surface area contributed by atoms with Crippen molar-refractivity contribution in [2.24, 2.45) is 5.73 Å². The van der Waals surface area contributed by atoms with Crippen LogP contribution in [0.2, 0.25) is 0 Å². The Hall–Kier alpha value is -2.74. The number of piperazine rings is 1. The number of aryl methyl sites for hydroxylation is 1. The first-order chi connectivity index (χ1) is 14.1. The molecule has 8 heteroatoms. The third-order valence-electron chi connectivity index (χ3n) is 5.23. The first-order valence-corrected chi connectivity index (χ1v) is 9.82. The van der Waals surface area contributed by atoms with Crippen molar-refractivity contribution in [2.75, 3.05) is 26.2 Å². The second-order valence-corrected chi connectivity index (χ2v) is 7.35. The maximum Gasteiger partial charge on any atom is 0.253 e. The predicted octanol–water partition coefficient (Wildman–Crippen LogP) is 2.88. The molecule has 1 amide bonds. The minimum atomic E-state index is 0. The lowest BCUT2D eigenvalue weighted by Gasteiger charge is -2.34. The molecular formula is C22H26ClN5O2. The van der Waals surface area contributed by atoms with Gasteiger partial charge in [-0.2, -0.15) is 4.98 Å². The van der Waals surface area contributed by atoms with E-state index in [0.717, 1.165) is 24.2 Å². The van der Waals surface area contributed by atoms with E-state index in [1.807, 2.05) is 60.4 Å². The molecule has 0 atom stereocenters. The van der Waals surface area contributed by atoms with Crippen LogP contribution in [0.15, 0.2) is 53.1 Å². The second kappa shape index (κ2) is 9.84. The molecule has 2 heterocycles. The summed E-state index contributed by atoms with van der Waals surface area (Å²) < 4.78 is 5.42. The lowest BCUT2D eigenvalue weighted by molar-refractivity contribution is 0.0615. The first-order valence-electron chi connectivity index (χ1n) is 9.82. The molecule has 2 aromatic carbocycles. The quantitative estimate of drug-likeness (QED) is 0.673. The van der Waals surface area contributed by atoms with E-state index in [1.54, 1.807) is 0 Å². The number of aromatic nitrogens is 2. The topological polar surface area (TPSA) is 88.5 Å². The highest BCUT2D eigenvalue weighted by Gasteiger charge is 2.23. The second-order valence-electron chi connectivity index (χ2n) is 7.35. The highest BCUT2D eigenvalue weighted by molar-refractivity contribution is 5.94. The highest BCUT2D eigenvalue weighted by atomic mass is 35.5. The standard InChI is InChI=1S/C22H25N5O2.ClH/c1-16-2-6-18(7-3-16)21-24-20(29-25-21)15-26-10-12-27(13-11-26)22(28)19-8-4-17(14-23)5-9-19;/h2-9H,10-15,23H2,1H3;1H. The molecule has 0 radical (unpaired) electrons. The van der Waals surface area contributed by atoms with Gasteiger partial charge in [0.2, 0.25) is 11.7 Å². The lowest BCUT2D eigenvalue weighted by Crippen LogP contribution is -2.48. The fourth-order valence-electron chi connectivity index (χ4n) is 3.41. The number of nitrogens with zero attached hydrogens (tertiary/aromatic N) is 4. The number of benzene rings is 2. The number of rotatable bonds is 5. The van der Waals surface area contributed by atoms with E-state index in [1.165, 1.54) is 5.56 Å². The molecule has 1 fully saturated rings. The van der Waals surface area contributed by atoms with Crippen molar-refractivity contribution < 1.29 is 9.32 Å². The van der Waals surface area contributed by atoms with E-state index in [9.17, 15) is 4.79 Å². The minimum Gasteiger partial charge on any atom is -0.338 e. The molecule has 0 aliphatic carbocycles. The molecule has 0 saturated carbocycles. The lowest BCUT2D eigenvalue weighted by atomic mass is 10.1. The summed E-state index contributed by atoms with van der Waals surface area (Å²) in [6.07, 6.45) is 0. The van der Waals surface area contributed by atoms with Crippen LogP contribution in [0.1, 0.15) is 27.4 Å². The molecular weight excluding hydrogens is 402 g/mol. The third-order valence-corrected chi connectivity index (χ3v) is 5.23. The van der Waals surface area contributed by atoms with Crippen LogP contribution in [0.5, 0.6) is 0 Å². The fourth-order valence-corrected chi connectivity index (χ4v) is 3.41. The van der Waals surface area contributed by atoms with Gasteiger partial charge in [0.1, 0.15) is 0 Å². The molecule has 1 aliphatic heterocycles. The van der Waals surface area contributed by atoms with Crippen LogP contribution in [0.25, 0.3) is 11.4 Å². The van der Waals surface area contributed by atoms with Crippen molar-refractivity contribution in [3.05, 3.63) is 71.1 Å². The maximum atomic E-state index is 12.7. The molecule has 3 aromatic rings. The Bertz CT molecular complexity index is 964. The molecule has 2 N–H and O–H groups in total. The minimum absolute atomic E-state index is 0. The molecule has 4 rings (SSSR count). The van der Waals surface area contributed by atoms with Crippen molar-refractivity contribution in [1.29, 1.82) is 0 Å². The van der Waals surface area contributed by atoms with Crippen molar-refractivity contribution in [3.63, 3.8) is 0 Å². The van der Waals surface area contributed by atoms with Gasteiger partial charge < -0.3 is 15.2 Å². The van der Waals surface area contributed by atoms with E-state index >= 15 is 0 Å². The van der Waals surface area contributed by atoms with E-state index in [2.05, 4.69) is 15.0 Å². The summed E-state index contributed by atoms with van der Waals surface area (Å²) in [6, 6.07) is 15.6. The average Bonchev–Trinajstić information content (AvgIpc) is 3.23. The smallest absolute Gasteiger partial charge is 0.253 e. The Kier molecular flexibility index (Phi) is 7.20. The van der Waals surface area contributed by atoms with Crippen LogP contribution in [-0.2, 0) is 13.1 Å². The Morgan fingerprint density at radius 1 is 1.03 bits per heavy atom. The largest absolute Gasteiger partial charge is 0.338 e. The summed E-state index contributed by atoms with van der Waals surface area (Å²) in [5.74, 6) is 1.26. The molecule has 158 valence electrons. The number of amides is 1. The van der Waals surface area contributed by atoms with Gasteiger partial charge in [0.15, 0.2) is 0 Å². The Morgan fingerprint density at radius 3 is 2.33 bits per heavy atom. The zero-order valence-corrected chi connectivity index (χ0v) is 17.8. The molecule has 7 nitrogen and oxygen atoms in total. The van der Waals surface area contributed by atoms with Gasteiger partial charge >= 0.3 is 0 Å². The predicted molar refractivity (Wildman–Crippen MR) is 117 cm³/mol. The van der Waals surface area contributed by atoms with Crippen molar-refractivity contribution in [2.45, 2.75) is 20.0 Å². The van der Waals surface area contributed by atoms with Gasteiger partial charge in [-0.1, -0.05) is 47.1 Å². The van der Waals surface area contributed by atoms with Gasteiger partial charge in [-0.15, -0.1) is 12.4 Å². The van der Waals surface area contributed by atoms with Crippen LogP contribution in [0.4, 0.5) is 0 Å². The van der Waals surface area contributed by atoms with Crippen molar-refractivity contribution >= 4 is 18.3 Å². The van der Waals surface area contributed by atoms with Gasteiger partial charge in [0.05, 0.1) is 6.54 Å². The SMILES string of the molecule is Cc1ccc(-c2noc(CN3CCN(C(=O)c4ccc(CN)cc4)CC3)n2)cc1.Cl. The van der Waals surface area contributed by atoms with Crippen LogP contribution in [0.3, 0.4) is 0 Å². The van der Waals surface area contributed by atoms with Crippen molar-refractivity contribution in [3.8, 4) is 11.4 Å². The highest BCUT2D eigenvalue weighted by Crippen LogP contribution is 2.18. The molecule has 0 spiro atoms. The number of hydrogen-bond acceptors (Lipinski definition) is 6. The zero-order valence-electron chi connectivity index (χ0n) is 17.0. The molecule has 0 bridgehead atoms. The van der Waals surface area contributed by atoms with Crippen LogP contribution in [-0.4, -0.2) is 52.0 Å². The summed E-state index contributed by atoms with van der Waals surface area (Å²) >= 11 is 0. The first kappa shape index (κ1) is 22.0. The average molecular weight is 428 g/mol. The normalized spacial score (nSPS) is 14.4. The summed E-state index contributed by atoms with van der Waals surface area (Å²) in [5, 5.41) is 4.09. The molecule has 1 aliphatic rings. The molecule has 0 unspecified atom stereocenters. The third kappa shape index (κ3) is 5.05. The number of hydrogen-bond donors (Lipinski definition) is 1. The summed E-state index contributed by atoms with van der Waals surface area (Å²) in [7, 11) is 0. The van der Waals surface area contributed by atoms with Gasteiger partial charge in [-0.3, -0.25) is 9.69 Å². The number of carbonyl (C=O) groups is 1. The van der Waals surface area contributed by atoms with Gasteiger partial charge in [-0.05, 0) is 24.6 Å². The number of halogens is 1. The fraction of sp³-hybridized carbons (Fsp3) is 0.318. The number of carbonyl (C=O) groups excluding carboxylic acids is 1. The Labute approximate surface area is 182 Å². The van der Waals surface area contributed by atoms with E-state index in [-0.39, 0.29) is 18.3 Å². The van der Waals surface area contributed by atoms with Crippen LogP contribution < -0.4 is 5.73 Å². The van der Waals surface area contributed by atoms with Crippen LogP contribution >= 0.6 is 12.4 Å². The van der Waals surface area contributed by atoms with E-state index < -0.39 is 0 Å². The maximum absolute atomic E-state index is 12.7. The molecule has 30 heavy (non-hydrogen) atoms. The molecule has 1 aromatic heterocycles. The van der Waals surface area contributed by atoms with Gasteiger partial charge in [-0.25, -0.2) is 0 Å². The van der Waals surface area contributed by atoms with Crippen LogP contribution in [0, 0.1) is 6.92 Å². The van der Waals surface area contributed by atoms with E-state index in [4.69, 9.17) is 10.3 Å². The Morgan fingerprint density at radius 2 is 1.70 bits per heavy atom. The van der Waals surface area contributed by atoms with Gasteiger partial charge in [0.25, 0.3) is 5.91 Å². The van der Waals surface area contributed by atoms with E-state index in [0.29, 0.717) is 43.5 Å². The summed E-state index contributed by atoms with van der Waals surface area (Å²) in [4.78, 5) is 21.3. The monoisotopic (exact) mass is 427 g/mol. The van der Waals surface area contributed by atoms with Gasteiger partial charge in [0, 0.05) is 43.9 Å². The summed E-state index contributed by atoms with van der Waals surface area (Å²) in [6.45, 7) is 6.02. The molecule has 1 saturated heterocycles. The van der Waals surface area contributed by atoms with Crippen molar-refractivity contribution in [1.82, 2.24) is 19.9 Å². The Balaban J connectivity index is 0.00000256.